The number of carbonyl (C=O) groups is 1. The van der Waals surface area contributed by atoms with Gasteiger partial charge in [-0.1, -0.05) is 32.4 Å². The molecule has 4 nitrogen and oxygen atoms in total. The summed E-state index contributed by atoms with van der Waals surface area (Å²) < 4.78 is 1.69. The first kappa shape index (κ1) is 15.1. The van der Waals surface area contributed by atoms with Crippen molar-refractivity contribution in [1.29, 1.82) is 0 Å². The van der Waals surface area contributed by atoms with Crippen molar-refractivity contribution in [3.05, 3.63) is 40.4 Å². The number of carbonyl (C=O) groups excluding carboxylic acids is 1. The number of rotatable bonds is 2. The van der Waals surface area contributed by atoms with E-state index < -0.39 is 0 Å². The van der Waals surface area contributed by atoms with Crippen molar-refractivity contribution in [3.8, 4) is 0 Å². The van der Waals surface area contributed by atoms with Crippen molar-refractivity contribution >= 4 is 5.91 Å². The Morgan fingerprint density at radius 3 is 2.82 bits per heavy atom. The van der Waals surface area contributed by atoms with Crippen LogP contribution in [0.5, 0.6) is 0 Å². The fourth-order valence-electron chi connectivity index (χ4n) is 4.16. The number of hydrogen-bond donors (Lipinski definition) is 1. The van der Waals surface area contributed by atoms with Crippen LogP contribution in [-0.2, 0) is 7.05 Å². The first-order valence-electron chi connectivity index (χ1n) is 8.05. The molecule has 1 heterocycles. The van der Waals surface area contributed by atoms with E-state index in [1.807, 2.05) is 14.0 Å². The standard InChI is InChI=1S/C18H25N3O/c1-11-9-18(3,4)14-7-6-8-15(16(11)14)19-17(22)13-10-21(5)20-12(13)2/h8,10-11H,6-7,9H2,1-5H3,(H,19,22). The lowest BCUT2D eigenvalue weighted by Crippen LogP contribution is -2.26. The largest absolute Gasteiger partial charge is 0.322 e. The van der Waals surface area contributed by atoms with Gasteiger partial charge in [0.25, 0.3) is 5.91 Å². The Kier molecular flexibility index (Phi) is 3.50. The summed E-state index contributed by atoms with van der Waals surface area (Å²) in [5.74, 6) is 0.453. The molecule has 1 aromatic rings. The Labute approximate surface area is 132 Å². The molecule has 0 aromatic carbocycles. The van der Waals surface area contributed by atoms with Crippen LogP contribution < -0.4 is 5.32 Å². The maximum absolute atomic E-state index is 12.6. The van der Waals surface area contributed by atoms with Gasteiger partial charge in [0.05, 0.1) is 11.3 Å². The number of nitrogens with zero attached hydrogens (tertiary/aromatic N) is 2. The summed E-state index contributed by atoms with van der Waals surface area (Å²) in [6.45, 7) is 8.78. The van der Waals surface area contributed by atoms with Gasteiger partial charge < -0.3 is 5.32 Å². The zero-order valence-corrected chi connectivity index (χ0v) is 14.2. The summed E-state index contributed by atoms with van der Waals surface area (Å²) in [5, 5.41) is 7.39. The van der Waals surface area contributed by atoms with Crippen LogP contribution in [0.25, 0.3) is 0 Å². The maximum atomic E-state index is 12.6. The molecule has 0 saturated carbocycles. The van der Waals surface area contributed by atoms with Crippen LogP contribution in [0.2, 0.25) is 0 Å². The number of aromatic nitrogens is 2. The van der Waals surface area contributed by atoms with Gasteiger partial charge in [-0.25, -0.2) is 0 Å². The number of hydrogen-bond acceptors (Lipinski definition) is 2. The van der Waals surface area contributed by atoms with Crippen molar-refractivity contribution < 1.29 is 4.79 Å². The third kappa shape index (κ3) is 2.40. The second-order valence-corrected chi connectivity index (χ2v) is 7.29. The first-order valence-corrected chi connectivity index (χ1v) is 8.05. The zero-order chi connectivity index (χ0) is 16.1. The van der Waals surface area contributed by atoms with Crippen LogP contribution in [0.15, 0.2) is 29.1 Å². The molecule has 0 fully saturated rings. The molecule has 118 valence electrons. The fourth-order valence-corrected chi connectivity index (χ4v) is 4.16. The second-order valence-electron chi connectivity index (χ2n) is 7.29. The fraction of sp³-hybridized carbons (Fsp3) is 0.556. The molecule has 2 aliphatic carbocycles. The average Bonchev–Trinajstić information content (AvgIpc) is 2.87. The Balaban J connectivity index is 1.88. The van der Waals surface area contributed by atoms with Gasteiger partial charge in [-0.2, -0.15) is 5.10 Å². The minimum absolute atomic E-state index is 0.0532. The van der Waals surface area contributed by atoms with Crippen molar-refractivity contribution in [3.63, 3.8) is 0 Å². The molecule has 2 aliphatic rings. The summed E-state index contributed by atoms with van der Waals surface area (Å²) in [6, 6.07) is 0. The molecule has 0 saturated heterocycles. The Morgan fingerprint density at radius 2 is 2.18 bits per heavy atom. The molecule has 1 atom stereocenters. The Bertz CT molecular complexity index is 691. The lowest BCUT2D eigenvalue weighted by Gasteiger charge is -2.25. The summed E-state index contributed by atoms with van der Waals surface area (Å²) >= 11 is 0. The van der Waals surface area contributed by atoms with Gasteiger partial charge in [0.1, 0.15) is 0 Å². The van der Waals surface area contributed by atoms with Crippen molar-refractivity contribution in [2.24, 2.45) is 18.4 Å². The van der Waals surface area contributed by atoms with Gasteiger partial charge in [0.2, 0.25) is 0 Å². The van der Waals surface area contributed by atoms with E-state index in [9.17, 15) is 4.79 Å². The molecule has 0 bridgehead atoms. The van der Waals surface area contributed by atoms with Crippen molar-refractivity contribution in [2.75, 3.05) is 0 Å². The summed E-state index contributed by atoms with van der Waals surface area (Å²) in [4.78, 5) is 12.6. The number of amides is 1. The quantitative estimate of drug-likeness (QED) is 0.908. The van der Waals surface area contributed by atoms with Crippen molar-refractivity contribution in [2.45, 2.75) is 47.0 Å². The maximum Gasteiger partial charge on any atom is 0.259 e. The van der Waals surface area contributed by atoms with E-state index in [0.29, 0.717) is 11.5 Å². The van der Waals surface area contributed by atoms with E-state index >= 15 is 0 Å². The molecule has 1 unspecified atom stereocenters. The number of nitrogens with one attached hydrogen (secondary N) is 1. The van der Waals surface area contributed by atoms with E-state index in [-0.39, 0.29) is 11.3 Å². The topological polar surface area (TPSA) is 46.9 Å². The van der Waals surface area contributed by atoms with E-state index in [2.05, 4.69) is 37.3 Å². The van der Waals surface area contributed by atoms with Crippen LogP contribution in [0.4, 0.5) is 0 Å². The molecule has 0 spiro atoms. The highest BCUT2D eigenvalue weighted by atomic mass is 16.1. The summed E-state index contributed by atoms with van der Waals surface area (Å²) in [6.07, 6.45) is 7.26. The zero-order valence-electron chi connectivity index (χ0n) is 14.2. The minimum Gasteiger partial charge on any atom is -0.322 e. The van der Waals surface area contributed by atoms with Crippen LogP contribution in [0.1, 0.15) is 56.1 Å². The normalized spacial score (nSPS) is 23.3. The third-order valence-electron chi connectivity index (χ3n) is 4.99. The molecule has 1 N–H and O–H groups in total. The van der Waals surface area contributed by atoms with Crippen LogP contribution in [0, 0.1) is 18.3 Å². The SMILES string of the molecule is Cc1nn(C)cc1C(=O)NC1=CCCC2=C1C(C)CC2(C)C. The minimum atomic E-state index is -0.0532. The molecule has 1 amide bonds. The molecular formula is C18H25N3O. The van der Waals surface area contributed by atoms with Gasteiger partial charge in [0.15, 0.2) is 0 Å². The molecule has 1 aromatic heterocycles. The van der Waals surface area contributed by atoms with Gasteiger partial charge in [-0.15, -0.1) is 0 Å². The molecule has 3 rings (SSSR count). The number of aryl methyl sites for hydroxylation is 2. The lowest BCUT2D eigenvalue weighted by molar-refractivity contribution is 0.0965. The smallest absolute Gasteiger partial charge is 0.259 e. The van der Waals surface area contributed by atoms with Crippen molar-refractivity contribution in [1.82, 2.24) is 15.1 Å². The average molecular weight is 299 g/mol. The van der Waals surface area contributed by atoms with Gasteiger partial charge >= 0.3 is 0 Å². The third-order valence-corrected chi connectivity index (χ3v) is 4.99. The van der Waals surface area contributed by atoms with Crippen LogP contribution in [0.3, 0.4) is 0 Å². The van der Waals surface area contributed by atoms with E-state index in [1.54, 1.807) is 10.9 Å². The molecule has 4 heteroatoms. The summed E-state index contributed by atoms with van der Waals surface area (Å²) in [7, 11) is 1.84. The monoisotopic (exact) mass is 299 g/mol. The first-order chi connectivity index (χ1) is 10.3. The molecule has 0 radical (unpaired) electrons. The highest BCUT2D eigenvalue weighted by Crippen LogP contribution is 2.51. The van der Waals surface area contributed by atoms with E-state index in [1.165, 1.54) is 11.1 Å². The highest BCUT2D eigenvalue weighted by Gasteiger charge is 2.39. The van der Waals surface area contributed by atoms with Gasteiger partial charge in [-0.3, -0.25) is 9.48 Å². The molecule has 0 aliphatic heterocycles. The van der Waals surface area contributed by atoms with E-state index in [4.69, 9.17) is 0 Å². The second kappa shape index (κ2) is 5.11. The lowest BCUT2D eigenvalue weighted by atomic mass is 9.81. The van der Waals surface area contributed by atoms with Crippen LogP contribution >= 0.6 is 0 Å². The predicted octanol–water partition coefficient (Wildman–Crippen LogP) is 3.50. The Morgan fingerprint density at radius 1 is 1.45 bits per heavy atom. The highest BCUT2D eigenvalue weighted by molar-refractivity contribution is 5.96. The predicted molar refractivity (Wildman–Crippen MR) is 87.3 cm³/mol. The van der Waals surface area contributed by atoms with E-state index in [0.717, 1.165) is 30.7 Å². The Hall–Kier alpha value is -1.84. The molecule has 22 heavy (non-hydrogen) atoms. The van der Waals surface area contributed by atoms with Gasteiger partial charge in [-0.05, 0) is 43.1 Å². The summed E-state index contributed by atoms with van der Waals surface area (Å²) in [5.41, 5.74) is 5.59. The van der Waals surface area contributed by atoms with Crippen LogP contribution in [-0.4, -0.2) is 15.7 Å². The molecular weight excluding hydrogens is 274 g/mol. The number of allylic oxidation sites excluding steroid dienone is 3. The van der Waals surface area contributed by atoms with Gasteiger partial charge in [0, 0.05) is 18.9 Å².